The van der Waals surface area contributed by atoms with Gasteiger partial charge in [-0.2, -0.15) is 8.42 Å². The van der Waals surface area contributed by atoms with Crippen LogP contribution in [0.5, 0.6) is 0 Å². The molecule has 20 heavy (non-hydrogen) atoms. The Balaban J connectivity index is 0.000000370. The van der Waals surface area contributed by atoms with E-state index in [0.717, 1.165) is 19.4 Å². The number of anilines is 1. The molecule has 1 aromatic carbocycles. The number of hydrogen-bond acceptors (Lipinski definition) is 4. The molecule has 0 aliphatic rings. The maximum absolute atomic E-state index is 10.5. The first kappa shape index (κ1) is 18.1. The molecule has 1 rings (SSSR count). The number of carbonyl (C=O) groups excluding carboxylic acids is 1. The van der Waals surface area contributed by atoms with Crippen molar-refractivity contribution in [1.82, 2.24) is 5.32 Å². The van der Waals surface area contributed by atoms with Gasteiger partial charge < -0.3 is 11.1 Å². The summed E-state index contributed by atoms with van der Waals surface area (Å²) >= 11 is 0. The largest absolute Gasteiger partial charge is 0.399 e. The highest BCUT2D eigenvalue weighted by atomic mass is 32.2. The van der Waals surface area contributed by atoms with Crippen molar-refractivity contribution in [3.05, 3.63) is 36.9 Å². The third-order valence-corrected chi connectivity index (χ3v) is 3.06. The topological polar surface area (TPSA) is 109 Å². The van der Waals surface area contributed by atoms with Crippen molar-refractivity contribution in [3.8, 4) is 0 Å². The van der Waals surface area contributed by atoms with E-state index in [1.54, 1.807) is 0 Å². The summed E-state index contributed by atoms with van der Waals surface area (Å²) in [5.74, 6) is -0.0801. The van der Waals surface area contributed by atoms with Crippen molar-refractivity contribution in [2.24, 2.45) is 0 Å². The summed E-state index contributed by atoms with van der Waals surface area (Å²) in [6.07, 6.45) is 3.44. The van der Waals surface area contributed by atoms with Crippen LogP contribution < -0.4 is 11.1 Å². The number of benzene rings is 1. The fraction of sp³-hybridized carbons (Fsp3) is 0.308. The minimum absolute atomic E-state index is 0.0801. The fourth-order valence-electron chi connectivity index (χ4n) is 1.10. The Bertz CT molecular complexity index is 524. The molecule has 0 aliphatic carbocycles. The number of nitrogen functional groups attached to an aromatic ring is 1. The Morgan fingerprint density at radius 2 is 1.95 bits per heavy atom. The van der Waals surface area contributed by atoms with Crippen LogP contribution in [0.25, 0.3) is 0 Å². The molecule has 0 heterocycles. The average molecular weight is 300 g/mol. The normalized spacial score (nSPS) is 10.1. The molecule has 7 heteroatoms. The first-order chi connectivity index (χ1) is 9.31. The third kappa shape index (κ3) is 8.28. The predicted octanol–water partition coefficient (Wildman–Crippen LogP) is 1.60. The number of nitrogens with one attached hydrogen (secondary N) is 1. The van der Waals surface area contributed by atoms with Gasteiger partial charge >= 0.3 is 0 Å². The van der Waals surface area contributed by atoms with E-state index in [1.165, 1.54) is 30.3 Å². The van der Waals surface area contributed by atoms with Crippen LogP contribution >= 0.6 is 0 Å². The molecule has 0 bridgehead atoms. The molecular formula is C13H20N2O4S. The minimum Gasteiger partial charge on any atom is -0.399 e. The number of unbranched alkanes of at least 4 members (excludes halogenated alkanes) is 1. The second-order valence-corrected chi connectivity index (χ2v) is 5.31. The van der Waals surface area contributed by atoms with Gasteiger partial charge in [-0.05, 0) is 36.8 Å². The Kier molecular flexibility index (Phi) is 8.26. The lowest BCUT2D eigenvalue weighted by molar-refractivity contribution is -0.116. The highest BCUT2D eigenvalue weighted by Crippen LogP contribution is 2.10. The summed E-state index contributed by atoms with van der Waals surface area (Å²) in [6.45, 7) is 6.18. The number of nitrogens with two attached hydrogens (primary N) is 1. The van der Waals surface area contributed by atoms with Crippen LogP contribution in [0.2, 0.25) is 0 Å². The van der Waals surface area contributed by atoms with E-state index < -0.39 is 10.1 Å². The highest BCUT2D eigenvalue weighted by Gasteiger charge is 2.06. The van der Waals surface area contributed by atoms with E-state index in [1.807, 2.05) is 0 Å². The third-order valence-electron chi connectivity index (χ3n) is 2.19. The summed E-state index contributed by atoms with van der Waals surface area (Å²) in [4.78, 5) is 10.3. The van der Waals surface area contributed by atoms with Crippen LogP contribution in [0.1, 0.15) is 19.8 Å². The monoisotopic (exact) mass is 300 g/mol. The Morgan fingerprint density at radius 1 is 1.40 bits per heavy atom. The van der Waals surface area contributed by atoms with Crippen LogP contribution in [0.4, 0.5) is 5.69 Å². The summed E-state index contributed by atoms with van der Waals surface area (Å²) < 4.78 is 29.4. The molecule has 0 atom stereocenters. The quantitative estimate of drug-likeness (QED) is 0.331. The van der Waals surface area contributed by atoms with Gasteiger partial charge in [-0.15, -0.1) is 0 Å². The van der Waals surface area contributed by atoms with Crippen LogP contribution in [-0.4, -0.2) is 25.4 Å². The molecule has 0 aromatic heterocycles. The zero-order valence-corrected chi connectivity index (χ0v) is 12.2. The molecule has 4 N–H and O–H groups in total. The van der Waals surface area contributed by atoms with Crippen molar-refractivity contribution < 1.29 is 17.8 Å². The van der Waals surface area contributed by atoms with E-state index in [9.17, 15) is 13.2 Å². The SMILES string of the molecule is C=CC(=O)NCCCC.Nc1ccc(S(=O)(=O)O)cc1. The summed E-state index contributed by atoms with van der Waals surface area (Å²) in [7, 11) is -4.08. The van der Waals surface area contributed by atoms with Gasteiger partial charge in [0.05, 0.1) is 4.90 Å². The molecule has 0 saturated carbocycles. The van der Waals surface area contributed by atoms with Crippen molar-refractivity contribution in [1.29, 1.82) is 0 Å². The summed E-state index contributed by atoms with van der Waals surface area (Å²) in [5.41, 5.74) is 5.75. The molecule has 0 unspecified atom stereocenters. The van der Waals surface area contributed by atoms with Crippen molar-refractivity contribution in [2.45, 2.75) is 24.7 Å². The Labute approximate surface area is 119 Å². The number of carbonyl (C=O) groups is 1. The smallest absolute Gasteiger partial charge is 0.294 e. The Hall–Kier alpha value is -1.86. The molecule has 0 spiro atoms. The van der Waals surface area contributed by atoms with Gasteiger partial charge in [0.25, 0.3) is 10.1 Å². The molecule has 1 aromatic rings. The molecule has 0 aliphatic heterocycles. The summed E-state index contributed by atoms with van der Waals surface area (Å²) in [6, 6.07) is 5.29. The van der Waals surface area contributed by atoms with Crippen LogP contribution in [0.3, 0.4) is 0 Å². The van der Waals surface area contributed by atoms with Gasteiger partial charge in [-0.1, -0.05) is 19.9 Å². The molecule has 6 nitrogen and oxygen atoms in total. The van der Waals surface area contributed by atoms with Crippen molar-refractivity contribution in [3.63, 3.8) is 0 Å². The molecule has 0 saturated heterocycles. The molecular weight excluding hydrogens is 280 g/mol. The van der Waals surface area contributed by atoms with E-state index >= 15 is 0 Å². The highest BCUT2D eigenvalue weighted by molar-refractivity contribution is 7.85. The molecule has 1 amide bonds. The Morgan fingerprint density at radius 3 is 2.35 bits per heavy atom. The molecule has 0 radical (unpaired) electrons. The van der Waals surface area contributed by atoms with Gasteiger partial charge in [0, 0.05) is 12.2 Å². The first-order valence-corrected chi connectivity index (χ1v) is 7.48. The lowest BCUT2D eigenvalue weighted by atomic mass is 10.3. The lowest BCUT2D eigenvalue weighted by Crippen LogP contribution is -2.21. The van der Waals surface area contributed by atoms with Crippen LogP contribution in [0.15, 0.2) is 41.8 Å². The van der Waals surface area contributed by atoms with Gasteiger partial charge in [0.1, 0.15) is 0 Å². The van der Waals surface area contributed by atoms with E-state index in [2.05, 4.69) is 18.8 Å². The second-order valence-electron chi connectivity index (χ2n) is 3.89. The second kappa shape index (κ2) is 9.11. The fourth-order valence-corrected chi connectivity index (χ4v) is 1.58. The van der Waals surface area contributed by atoms with Crippen molar-refractivity contribution >= 4 is 21.7 Å². The van der Waals surface area contributed by atoms with Crippen LogP contribution in [0, 0.1) is 0 Å². The first-order valence-electron chi connectivity index (χ1n) is 6.04. The van der Waals surface area contributed by atoms with E-state index in [4.69, 9.17) is 10.3 Å². The predicted molar refractivity (Wildman–Crippen MR) is 78.8 cm³/mol. The average Bonchev–Trinajstić information content (AvgIpc) is 2.39. The van der Waals surface area contributed by atoms with Crippen LogP contribution in [-0.2, 0) is 14.9 Å². The zero-order chi connectivity index (χ0) is 15.6. The maximum atomic E-state index is 10.5. The lowest BCUT2D eigenvalue weighted by Gasteiger charge is -1.97. The van der Waals surface area contributed by atoms with E-state index in [0.29, 0.717) is 5.69 Å². The van der Waals surface area contributed by atoms with Gasteiger partial charge in [0.15, 0.2) is 0 Å². The minimum atomic E-state index is -4.08. The van der Waals surface area contributed by atoms with Gasteiger partial charge in [-0.3, -0.25) is 9.35 Å². The maximum Gasteiger partial charge on any atom is 0.294 e. The zero-order valence-electron chi connectivity index (χ0n) is 11.4. The van der Waals surface area contributed by atoms with Gasteiger partial charge in [-0.25, -0.2) is 0 Å². The number of rotatable bonds is 5. The number of hydrogen-bond donors (Lipinski definition) is 3. The summed E-state index contributed by atoms with van der Waals surface area (Å²) in [5, 5.41) is 2.68. The standard InChI is InChI=1S/C7H13NO.C6H7NO3S/c1-3-5-6-8-7(9)4-2;7-5-1-3-6(4-2-5)11(8,9)10/h4H,2-3,5-6H2,1H3,(H,8,9);1-4H,7H2,(H,8,9,10). The van der Waals surface area contributed by atoms with Crippen molar-refractivity contribution in [2.75, 3.05) is 12.3 Å². The molecule has 112 valence electrons. The molecule has 0 fully saturated rings. The van der Waals surface area contributed by atoms with Gasteiger partial charge in [0.2, 0.25) is 5.91 Å². The van der Waals surface area contributed by atoms with E-state index in [-0.39, 0.29) is 10.8 Å². The number of amides is 1.